The molecule has 0 saturated carbocycles. The van der Waals surface area contributed by atoms with Crippen molar-refractivity contribution in [3.05, 3.63) is 22.0 Å². The molecule has 1 aromatic rings. The van der Waals surface area contributed by atoms with Gasteiger partial charge in [-0.05, 0) is 13.3 Å². The fraction of sp³-hybridized carbons (Fsp3) is 0.571. The molecule has 0 saturated heterocycles. The second-order valence-electron chi connectivity index (χ2n) is 3.08. The molecule has 1 rings (SSSR count). The van der Waals surface area contributed by atoms with Gasteiger partial charge in [-0.1, -0.05) is 11.8 Å². The van der Waals surface area contributed by atoms with Crippen molar-refractivity contribution in [1.29, 1.82) is 0 Å². The summed E-state index contributed by atoms with van der Waals surface area (Å²) in [5, 5.41) is 14.0. The molecule has 8 nitrogen and oxygen atoms in total. The quantitative estimate of drug-likeness (QED) is 0.547. The van der Waals surface area contributed by atoms with E-state index in [0.717, 1.165) is 6.20 Å². The average molecular weight is 249 g/mol. The summed E-state index contributed by atoms with van der Waals surface area (Å²) in [7, 11) is -3.74. The first-order valence-corrected chi connectivity index (χ1v) is 6.06. The zero-order valence-electron chi connectivity index (χ0n) is 8.78. The van der Waals surface area contributed by atoms with Gasteiger partial charge in [0.15, 0.2) is 5.69 Å². The third-order valence-corrected chi connectivity index (χ3v) is 3.05. The molecule has 0 aliphatic carbocycles. The molecule has 0 atom stereocenters. The van der Waals surface area contributed by atoms with Crippen molar-refractivity contribution in [3.8, 4) is 0 Å². The van der Waals surface area contributed by atoms with Crippen molar-refractivity contribution < 1.29 is 17.6 Å². The van der Waals surface area contributed by atoms with E-state index in [1.165, 1.54) is 6.92 Å². The summed E-state index contributed by atoms with van der Waals surface area (Å²) in [6.45, 7) is 3.03. The van der Waals surface area contributed by atoms with E-state index >= 15 is 0 Å². The lowest BCUT2D eigenvalue weighted by Crippen LogP contribution is -2.24. The Balaban J connectivity index is 2.95. The Morgan fingerprint density at radius 1 is 1.62 bits per heavy atom. The highest BCUT2D eigenvalue weighted by Gasteiger charge is 2.21. The number of hydrogen-bond acceptors (Lipinski definition) is 6. The van der Waals surface area contributed by atoms with Gasteiger partial charge in [0.1, 0.15) is 6.20 Å². The van der Waals surface area contributed by atoms with E-state index in [1.54, 1.807) is 6.92 Å². The van der Waals surface area contributed by atoms with Crippen molar-refractivity contribution >= 4 is 15.8 Å². The summed E-state index contributed by atoms with van der Waals surface area (Å²) < 4.78 is 27.1. The molecular formula is C7H11N3O5S. The zero-order valence-corrected chi connectivity index (χ0v) is 9.60. The lowest BCUT2D eigenvalue weighted by atomic mass is 10.4. The Bertz CT molecular complexity index is 492. The summed E-state index contributed by atoms with van der Waals surface area (Å²) >= 11 is 0. The van der Waals surface area contributed by atoms with Crippen LogP contribution < -0.4 is 4.28 Å². The van der Waals surface area contributed by atoms with Gasteiger partial charge in [-0.25, -0.2) is 0 Å². The number of hydrogen-bond donors (Lipinski definition) is 0. The lowest BCUT2D eigenvalue weighted by Gasteiger charge is -2.04. The molecule has 0 amide bonds. The Hall–Kier alpha value is -1.64. The molecule has 1 aromatic heterocycles. The molecule has 0 fully saturated rings. The summed E-state index contributed by atoms with van der Waals surface area (Å²) in [5.41, 5.74) is -0.253. The summed E-state index contributed by atoms with van der Waals surface area (Å²) in [6, 6.07) is 0. The van der Waals surface area contributed by atoms with Gasteiger partial charge in [0.05, 0.1) is 10.7 Å². The molecule has 0 spiro atoms. The van der Waals surface area contributed by atoms with Crippen molar-refractivity contribution in [3.63, 3.8) is 0 Å². The first-order chi connectivity index (χ1) is 7.37. The van der Waals surface area contributed by atoms with Crippen LogP contribution in [0.25, 0.3) is 0 Å². The van der Waals surface area contributed by atoms with Gasteiger partial charge in [0.2, 0.25) is 0 Å². The van der Waals surface area contributed by atoms with Gasteiger partial charge in [0, 0.05) is 0 Å². The molecule has 0 bridgehead atoms. The Labute approximate surface area is 92.1 Å². The van der Waals surface area contributed by atoms with Crippen LogP contribution in [0.4, 0.5) is 5.69 Å². The summed E-state index contributed by atoms with van der Waals surface area (Å²) in [4.78, 5) is 10.5. The van der Waals surface area contributed by atoms with Crippen LogP contribution in [0.5, 0.6) is 0 Å². The maximum absolute atomic E-state index is 11.3. The SMILES string of the molecule is CCCS(=O)(=O)On1ncc([N+](=O)[O-])c1C. The summed E-state index contributed by atoms with van der Waals surface area (Å²) in [5.74, 6) is -0.167. The molecule has 0 aliphatic heterocycles. The predicted molar refractivity (Wildman–Crippen MR) is 54.3 cm³/mol. The van der Waals surface area contributed by atoms with Crippen LogP contribution in [0.3, 0.4) is 0 Å². The minimum absolute atomic E-state index is 0.0321. The Morgan fingerprint density at radius 2 is 2.25 bits per heavy atom. The molecule has 16 heavy (non-hydrogen) atoms. The van der Waals surface area contributed by atoms with E-state index in [4.69, 9.17) is 0 Å². The monoisotopic (exact) mass is 249 g/mol. The van der Waals surface area contributed by atoms with E-state index in [1.807, 2.05) is 0 Å². The third-order valence-electron chi connectivity index (χ3n) is 1.78. The first-order valence-electron chi connectivity index (χ1n) is 4.49. The number of aromatic nitrogens is 2. The summed E-state index contributed by atoms with van der Waals surface area (Å²) in [6.07, 6.45) is 1.33. The molecule has 0 aromatic carbocycles. The lowest BCUT2D eigenvalue weighted by molar-refractivity contribution is -0.385. The molecule has 0 N–H and O–H groups in total. The molecular weight excluding hydrogens is 238 g/mol. The average Bonchev–Trinajstić information content (AvgIpc) is 2.47. The molecule has 0 aliphatic rings. The molecule has 0 unspecified atom stereocenters. The highest BCUT2D eigenvalue weighted by atomic mass is 32.2. The van der Waals surface area contributed by atoms with Crippen LogP contribution in [0, 0.1) is 17.0 Å². The zero-order chi connectivity index (χ0) is 12.3. The van der Waals surface area contributed by atoms with Gasteiger partial charge in [-0.15, -0.1) is 5.10 Å². The van der Waals surface area contributed by atoms with Crippen LogP contribution in [0.1, 0.15) is 19.0 Å². The minimum atomic E-state index is -3.74. The van der Waals surface area contributed by atoms with Crippen LogP contribution in [-0.4, -0.2) is 29.0 Å². The van der Waals surface area contributed by atoms with E-state index < -0.39 is 15.0 Å². The third kappa shape index (κ3) is 2.69. The maximum atomic E-state index is 11.3. The van der Waals surface area contributed by atoms with Crippen LogP contribution in [0.15, 0.2) is 6.20 Å². The van der Waals surface area contributed by atoms with Crippen LogP contribution >= 0.6 is 0 Å². The molecule has 1 heterocycles. The minimum Gasteiger partial charge on any atom is -0.269 e. The van der Waals surface area contributed by atoms with Crippen LogP contribution in [0.2, 0.25) is 0 Å². The fourth-order valence-corrected chi connectivity index (χ4v) is 1.97. The maximum Gasteiger partial charge on any atom is 0.328 e. The van der Waals surface area contributed by atoms with Crippen molar-refractivity contribution in [2.75, 3.05) is 5.75 Å². The van der Waals surface area contributed by atoms with E-state index in [0.29, 0.717) is 11.3 Å². The molecule has 90 valence electrons. The van der Waals surface area contributed by atoms with E-state index in [9.17, 15) is 18.5 Å². The highest BCUT2D eigenvalue weighted by Crippen LogP contribution is 2.15. The van der Waals surface area contributed by atoms with Gasteiger partial charge in [-0.2, -0.15) is 8.42 Å². The predicted octanol–water partition coefficient (Wildman–Crippen LogP) is 0.268. The second kappa shape index (κ2) is 4.47. The smallest absolute Gasteiger partial charge is 0.269 e. The number of nitrogens with zero attached hydrogens (tertiary/aromatic N) is 3. The van der Waals surface area contributed by atoms with Crippen LogP contribution in [-0.2, 0) is 10.1 Å². The van der Waals surface area contributed by atoms with Gasteiger partial charge in [0.25, 0.3) is 0 Å². The van der Waals surface area contributed by atoms with Crippen molar-refractivity contribution in [1.82, 2.24) is 9.94 Å². The van der Waals surface area contributed by atoms with E-state index in [2.05, 4.69) is 9.38 Å². The Morgan fingerprint density at radius 3 is 2.69 bits per heavy atom. The molecule has 0 radical (unpaired) electrons. The highest BCUT2D eigenvalue weighted by molar-refractivity contribution is 7.86. The van der Waals surface area contributed by atoms with Gasteiger partial charge < -0.3 is 0 Å². The van der Waals surface area contributed by atoms with E-state index in [-0.39, 0.29) is 17.1 Å². The standard InChI is InChI=1S/C7H11N3O5S/c1-3-4-16(13,14)15-9-6(2)7(5-8-9)10(11)12/h5H,3-4H2,1-2H3. The first kappa shape index (κ1) is 12.4. The van der Waals surface area contributed by atoms with Gasteiger partial charge >= 0.3 is 15.8 Å². The Kier molecular flexibility index (Phi) is 3.48. The fourth-order valence-electron chi connectivity index (χ4n) is 1.03. The largest absolute Gasteiger partial charge is 0.328 e. The number of rotatable bonds is 5. The molecule has 9 heteroatoms. The van der Waals surface area contributed by atoms with Gasteiger partial charge in [-0.3, -0.25) is 14.4 Å². The second-order valence-corrected chi connectivity index (χ2v) is 4.75. The van der Waals surface area contributed by atoms with Crippen molar-refractivity contribution in [2.24, 2.45) is 0 Å². The topological polar surface area (TPSA) is 104 Å². The van der Waals surface area contributed by atoms with Crippen molar-refractivity contribution in [2.45, 2.75) is 20.3 Å². The number of nitro groups is 1. The normalized spacial score (nSPS) is 11.4.